The van der Waals surface area contributed by atoms with Gasteiger partial charge in [-0.05, 0) is 35.2 Å². The van der Waals surface area contributed by atoms with Crippen molar-refractivity contribution in [2.45, 2.75) is 83.1 Å². The standard InChI is InChI=1S/C34H54O8Si/c1-29(42-43(34(2,3)4,30-17-11-8-12-18-30)31-19-13-9-14-20-31)16-10-7-15-21-32(40-27-38-24-22-36-5)33(26-35)41-28-39-25-23-37-6/h8-9,11-14,17-20,26,29,32-33H,7,10,15-16,21-25,27-28H2,1-6H3/t29-,32+,33-/m1/s1. The lowest BCUT2D eigenvalue weighted by molar-refractivity contribution is -0.173. The third kappa shape index (κ3) is 12.5. The highest BCUT2D eigenvalue weighted by Gasteiger charge is 2.50. The van der Waals surface area contributed by atoms with E-state index in [4.69, 9.17) is 32.8 Å². The second-order valence-electron chi connectivity index (χ2n) is 11.7. The molecule has 0 saturated heterocycles. The zero-order valence-corrected chi connectivity index (χ0v) is 28.1. The molecule has 0 aliphatic heterocycles. The predicted octanol–water partition coefficient (Wildman–Crippen LogP) is 5.11. The van der Waals surface area contributed by atoms with Crippen molar-refractivity contribution in [1.82, 2.24) is 0 Å². The summed E-state index contributed by atoms with van der Waals surface area (Å²) in [4.78, 5) is 11.9. The van der Waals surface area contributed by atoms with Crippen molar-refractivity contribution in [3.05, 3.63) is 60.7 Å². The Morgan fingerprint density at radius 3 is 1.72 bits per heavy atom. The van der Waals surface area contributed by atoms with E-state index in [0.717, 1.165) is 32.0 Å². The minimum atomic E-state index is -2.58. The van der Waals surface area contributed by atoms with Crippen molar-refractivity contribution < 1.29 is 37.6 Å². The fourth-order valence-corrected chi connectivity index (χ4v) is 9.98. The Kier molecular flexibility index (Phi) is 18.1. The molecule has 2 aromatic carbocycles. The third-order valence-corrected chi connectivity index (χ3v) is 12.6. The van der Waals surface area contributed by atoms with Gasteiger partial charge in [-0.2, -0.15) is 0 Å². The van der Waals surface area contributed by atoms with Crippen LogP contribution in [0.2, 0.25) is 5.04 Å². The third-order valence-electron chi connectivity index (χ3n) is 7.47. The summed E-state index contributed by atoms with van der Waals surface area (Å²) < 4.78 is 39.7. The van der Waals surface area contributed by atoms with Crippen LogP contribution in [0.3, 0.4) is 0 Å². The molecular formula is C34H54O8Si. The maximum atomic E-state index is 11.9. The second kappa shape index (κ2) is 20.9. The minimum Gasteiger partial charge on any atom is -0.405 e. The van der Waals surface area contributed by atoms with Crippen molar-refractivity contribution in [2.75, 3.05) is 54.2 Å². The molecule has 242 valence electrons. The average Bonchev–Trinajstić information content (AvgIpc) is 3.01. The number of benzene rings is 2. The van der Waals surface area contributed by atoms with Crippen LogP contribution in [0.25, 0.3) is 0 Å². The van der Waals surface area contributed by atoms with Gasteiger partial charge in [-0.25, -0.2) is 0 Å². The van der Waals surface area contributed by atoms with Gasteiger partial charge in [0.25, 0.3) is 8.32 Å². The molecule has 0 aromatic heterocycles. The average molecular weight is 619 g/mol. The number of rotatable bonds is 24. The van der Waals surface area contributed by atoms with Crippen LogP contribution in [0.15, 0.2) is 60.7 Å². The number of carbonyl (C=O) groups is 1. The summed E-state index contributed by atoms with van der Waals surface area (Å²) in [6, 6.07) is 21.5. The summed E-state index contributed by atoms with van der Waals surface area (Å²) in [6.07, 6.45) is 4.16. The summed E-state index contributed by atoms with van der Waals surface area (Å²) in [5.41, 5.74) is 0. The maximum absolute atomic E-state index is 11.9. The monoisotopic (exact) mass is 618 g/mol. The van der Waals surface area contributed by atoms with Gasteiger partial charge in [-0.3, -0.25) is 0 Å². The van der Waals surface area contributed by atoms with Crippen LogP contribution >= 0.6 is 0 Å². The largest absolute Gasteiger partial charge is 0.405 e. The molecule has 0 saturated carbocycles. The number of unbranched alkanes of at least 4 members (excludes halogenated alkanes) is 2. The fraction of sp³-hybridized carbons (Fsp3) is 0.618. The zero-order valence-electron chi connectivity index (χ0n) is 27.1. The molecule has 0 radical (unpaired) electrons. The normalized spacial score (nSPS) is 14.4. The number of carbonyl (C=O) groups excluding carboxylic acids is 1. The first kappa shape index (κ1) is 37.2. The van der Waals surface area contributed by atoms with E-state index in [-0.39, 0.29) is 24.7 Å². The lowest BCUT2D eigenvalue weighted by atomic mass is 10.0. The number of methoxy groups -OCH3 is 2. The molecule has 0 heterocycles. The Hall–Kier alpha value is -1.95. The van der Waals surface area contributed by atoms with Crippen molar-refractivity contribution >= 4 is 25.0 Å². The molecule has 2 aromatic rings. The smallest absolute Gasteiger partial charge is 0.261 e. The van der Waals surface area contributed by atoms with Crippen LogP contribution in [0, 0.1) is 0 Å². The van der Waals surface area contributed by atoms with Crippen LogP contribution in [0.1, 0.15) is 59.8 Å². The number of aldehydes is 1. The van der Waals surface area contributed by atoms with Crippen molar-refractivity contribution in [2.24, 2.45) is 0 Å². The first-order valence-electron chi connectivity index (χ1n) is 15.4. The molecule has 2 rings (SSSR count). The Bertz CT molecular complexity index is 930. The molecule has 8 nitrogen and oxygen atoms in total. The van der Waals surface area contributed by atoms with Crippen LogP contribution in [-0.2, 0) is 37.6 Å². The first-order valence-corrected chi connectivity index (χ1v) is 17.3. The van der Waals surface area contributed by atoms with Gasteiger partial charge in [0.2, 0.25) is 0 Å². The van der Waals surface area contributed by atoms with E-state index in [1.54, 1.807) is 14.2 Å². The molecule has 0 N–H and O–H groups in total. The van der Waals surface area contributed by atoms with E-state index in [0.29, 0.717) is 32.8 Å². The van der Waals surface area contributed by atoms with Crippen LogP contribution < -0.4 is 10.4 Å². The Labute approximate surface area is 260 Å². The molecule has 0 fully saturated rings. The van der Waals surface area contributed by atoms with Crippen molar-refractivity contribution in [3.63, 3.8) is 0 Å². The molecule has 9 heteroatoms. The lowest BCUT2D eigenvalue weighted by Crippen LogP contribution is -2.67. The van der Waals surface area contributed by atoms with E-state index in [1.165, 1.54) is 10.4 Å². The highest BCUT2D eigenvalue weighted by Crippen LogP contribution is 2.38. The van der Waals surface area contributed by atoms with Crippen molar-refractivity contribution in [1.29, 1.82) is 0 Å². The van der Waals surface area contributed by atoms with Crippen molar-refractivity contribution in [3.8, 4) is 0 Å². The topological polar surface area (TPSA) is 81.7 Å². The molecule has 0 bridgehead atoms. The van der Waals surface area contributed by atoms with Gasteiger partial charge in [0.05, 0.1) is 32.5 Å². The number of hydrogen-bond donors (Lipinski definition) is 0. The Morgan fingerprint density at radius 1 is 0.721 bits per heavy atom. The molecule has 0 amide bonds. The van der Waals surface area contributed by atoms with Crippen LogP contribution in [-0.4, -0.2) is 87.1 Å². The molecule has 43 heavy (non-hydrogen) atoms. The molecule has 0 aliphatic rings. The molecular weight excluding hydrogens is 564 g/mol. The van der Waals surface area contributed by atoms with Crippen LogP contribution in [0.4, 0.5) is 0 Å². The summed E-state index contributed by atoms with van der Waals surface area (Å²) in [6.45, 7) is 10.9. The Balaban J connectivity index is 1.98. The summed E-state index contributed by atoms with van der Waals surface area (Å²) >= 11 is 0. The van der Waals surface area contributed by atoms with E-state index in [9.17, 15) is 4.79 Å². The Morgan fingerprint density at radius 2 is 1.23 bits per heavy atom. The first-order chi connectivity index (χ1) is 20.8. The number of hydrogen-bond acceptors (Lipinski definition) is 8. The molecule has 0 spiro atoms. The molecule has 0 aliphatic carbocycles. The van der Waals surface area contributed by atoms with Gasteiger partial charge >= 0.3 is 0 Å². The summed E-state index contributed by atoms with van der Waals surface area (Å²) in [5, 5.41) is 2.52. The van der Waals surface area contributed by atoms with Gasteiger partial charge in [-0.15, -0.1) is 0 Å². The maximum Gasteiger partial charge on any atom is 0.261 e. The highest BCUT2D eigenvalue weighted by atomic mass is 28.4. The summed E-state index contributed by atoms with van der Waals surface area (Å²) in [5.74, 6) is 0. The SMILES string of the molecule is COCCOCO[C@@H](CCCCC[C@@H](C)O[Si](c1ccccc1)(c1ccccc1)C(C)(C)C)[C@@H](C=O)OCOCCOC. The predicted molar refractivity (Wildman–Crippen MR) is 172 cm³/mol. The highest BCUT2D eigenvalue weighted by molar-refractivity contribution is 6.99. The quantitative estimate of drug-likeness (QED) is 0.0695. The zero-order chi connectivity index (χ0) is 31.4. The lowest BCUT2D eigenvalue weighted by Gasteiger charge is -2.44. The minimum absolute atomic E-state index is 0.00570. The van der Waals surface area contributed by atoms with E-state index < -0.39 is 20.5 Å². The molecule has 0 unspecified atom stereocenters. The van der Waals surface area contributed by atoms with E-state index in [2.05, 4.69) is 88.4 Å². The van der Waals surface area contributed by atoms with E-state index in [1.807, 2.05) is 0 Å². The molecule has 3 atom stereocenters. The fourth-order valence-electron chi connectivity index (χ4n) is 5.25. The van der Waals surface area contributed by atoms with E-state index >= 15 is 0 Å². The van der Waals surface area contributed by atoms with Gasteiger partial charge in [-0.1, -0.05) is 101 Å². The number of ether oxygens (including phenoxy) is 6. The van der Waals surface area contributed by atoms with Crippen LogP contribution in [0.5, 0.6) is 0 Å². The summed E-state index contributed by atoms with van der Waals surface area (Å²) in [7, 11) is 0.641. The second-order valence-corrected chi connectivity index (χ2v) is 16.0. The van der Waals surface area contributed by atoms with Gasteiger partial charge in [0.15, 0.2) is 6.29 Å². The van der Waals surface area contributed by atoms with Gasteiger partial charge < -0.3 is 37.6 Å². The van der Waals surface area contributed by atoms with Gasteiger partial charge in [0.1, 0.15) is 19.7 Å². The van der Waals surface area contributed by atoms with Gasteiger partial charge in [0, 0.05) is 20.3 Å².